The van der Waals surface area contributed by atoms with E-state index >= 15 is 0 Å². The number of nitrogens with zero attached hydrogens (tertiary/aromatic N) is 2. The molecule has 3 aromatic carbocycles. The maximum absolute atomic E-state index is 13.5. The summed E-state index contributed by atoms with van der Waals surface area (Å²) in [5, 5.41) is 10.5. The van der Waals surface area contributed by atoms with Crippen molar-refractivity contribution in [2.45, 2.75) is 27.7 Å². The molecule has 0 atom stereocenters. The molecule has 1 heterocycles. The van der Waals surface area contributed by atoms with Crippen molar-refractivity contribution in [2.75, 3.05) is 4.90 Å². The highest BCUT2D eigenvalue weighted by molar-refractivity contribution is 9.10. The minimum atomic E-state index is -0.143. The molecule has 0 radical (unpaired) electrons. The van der Waals surface area contributed by atoms with Gasteiger partial charge in [-0.15, -0.1) is 0 Å². The fourth-order valence-electron chi connectivity index (χ4n) is 3.33. The van der Waals surface area contributed by atoms with Gasteiger partial charge in [0.05, 0.1) is 16.3 Å². The first kappa shape index (κ1) is 22.4. The van der Waals surface area contributed by atoms with Gasteiger partial charge in [-0.2, -0.15) is 0 Å². The van der Waals surface area contributed by atoms with Gasteiger partial charge in [-0.25, -0.2) is 4.99 Å². The van der Waals surface area contributed by atoms with Gasteiger partial charge in [0.2, 0.25) is 0 Å². The Bertz CT molecular complexity index is 1300. The highest BCUT2D eigenvalue weighted by Crippen LogP contribution is 2.39. The minimum Gasteiger partial charge on any atom is -0.508 e. The van der Waals surface area contributed by atoms with Crippen molar-refractivity contribution in [3.63, 3.8) is 0 Å². The second-order valence-corrected chi connectivity index (χ2v) is 9.75. The molecule has 0 saturated carbocycles. The quantitative estimate of drug-likeness (QED) is 0.382. The third kappa shape index (κ3) is 4.52. The number of hydrogen-bond acceptors (Lipinski definition) is 4. The van der Waals surface area contributed by atoms with Crippen LogP contribution in [0, 0.1) is 27.7 Å². The van der Waals surface area contributed by atoms with Gasteiger partial charge in [0.1, 0.15) is 5.75 Å². The van der Waals surface area contributed by atoms with E-state index in [2.05, 4.69) is 36.7 Å². The van der Waals surface area contributed by atoms with Gasteiger partial charge in [-0.1, -0.05) is 28.1 Å². The molecule has 0 unspecified atom stereocenters. The van der Waals surface area contributed by atoms with Crippen molar-refractivity contribution in [3.05, 3.63) is 91.8 Å². The molecule has 0 aliphatic carbocycles. The standard InChI is InChI=1S/C26H23BrN2O2S/c1-15-5-7-20(11-17(15)3)28-26-29(21-8-6-16(2)18(4)12-21)25(31)24(32-26)14-19-13-22(30)9-10-23(19)27/h5-14,30H,1-4H3. The van der Waals surface area contributed by atoms with Crippen molar-refractivity contribution >= 4 is 56.2 Å². The number of carbonyl (C=O) groups is 1. The van der Waals surface area contributed by atoms with Gasteiger partial charge in [0, 0.05) is 4.47 Å². The second kappa shape index (κ2) is 8.96. The van der Waals surface area contributed by atoms with Gasteiger partial charge in [0.25, 0.3) is 5.91 Å². The van der Waals surface area contributed by atoms with Crippen molar-refractivity contribution in [3.8, 4) is 5.75 Å². The van der Waals surface area contributed by atoms with Crippen molar-refractivity contribution in [2.24, 2.45) is 4.99 Å². The summed E-state index contributed by atoms with van der Waals surface area (Å²) in [6.45, 7) is 8.20. The number of hydrogen-bond donors (Lipinski definition) is 1. The number of rotatable bonds is 3. The van der Waals surface area contributed by atoms with E-state index in [0.29, 0.717) is 10.1 Å². The Labute approximate surface area is 200 Å². The van der Waals surface area contributed by atoms with Crippen LogP contribution in [0.25, 0.3) is 6.08 Å². The first-order chi connectivity index (χ1) is 15.2. The number of amidine groups is 1. The predicted molar refractivity (Wildman–Crippen MR) is 138 cm³/mol. The first-order valence-electron chi connectivity index (χ1n) is 10.2. The van der Waals surface area contributed by atoms with Crippen LogP contribution in [0.2, 0.25) is 0 Å². The average Bonchev–Trinajstić information content (AvgIpc) is 3.04. The van der Waals surface area contributed by atoms with E-state index in [1.165, 1.54) is 22.9 Å². The van der Waals surface area contributed by atoms with Crippen LogP contribution >= 0.6 is 27.7 Å². The molecule has 1 N–H and O–H groups in total. The first-order valence-corrected chi connectivity index (χ1v) is 11.8. The average molecular weight is 507 g/mol. The zero-order chi connectivity index (χ0) is 23.0. The van der Waals surface area contributed by atoms with Crippen LogP contribution in [-0.2, 0) is 4.79 Å². The molecule has 0 aromatic heterocycles. The lowest BCUT2D eigenvalue weighted by molar-refractivity contribution is -0.113. The highest BCUT2D eigenvalue weighted by atomic mass is 79.9. The second-order valence-electron chi connectivity index (χ2n) is 7.89. The van der Waals surface area contributed by atoms with Gasteiger partial charge in [-0.05, 0) is 116 Å². The Balaban J connectivity index is 1.83. The number of aromatic hydroxyl groups is 1. The summed E-state index contributed by atoms with van der Waals surface area (Å²) in [4.78, 5) is 20.5. The van der Waals surface area contributed by atoms with E-state index in [4.69, 9.17) is 4.99 Å². The number of phenolic OH excluding ortho intramolecular Hbond substituents is 1. The molecule has 0 bridgehead atoms. The molecule has 6 heteroatoms. The van der Waals surface area contributed by atoms with E-state index in [1.807, 2.05) is 43.3 Å². The van der Waals surface area contributed by atoms with Crippen LogP contribution in [0.1, 0.15) is 27.8 Å². The number of benzene rings is 3. The topological polar surface area (TPSA) is 52.9 Å². The number of halogens is 1. The minimum absolute atomic E-state index is 0.143. The monoisotopic (exact) mass is 506 g/mol. The van der Waals surface area contributed by atoms with Crippen molar-refractivity contribution in [1.82, 2.24) is 0 Å². The van der Waals surface area contributed by atoms with Crippen molar-refractivity contribution < 1.29 is 9.90 Å². The maximum Gasteiger partial charge on any atom is 0.271 e. The zero-order valence-electron chi connectivity index (χ0n) is 18.3. The van der Waals surface area contributed by atoms with Gasteiger partial charge in [0.15, 0.2) is 5.17 Å². The molecule has 3 aromatic rings. The fraction of sp³-hybridized carbons (Fsp3) is 0.154. The molecule has 162 valence electrons. The highest BCUT2D eigenvalue weighted by Gasteiger charge is 2.35. The summed E-state index contributed by atoms with van der Waals surface area (Å²) in [5.41, 5.74) is 6.94. The summed E-state index contributed by atoms with van der Waals surface area (Å²) >= 11 is 4.83. The van der Waals surface area contributed by atoms with Crippen LogP contribution in [0.3, 0.4) is 0 Å². The SMILES string of the molecule is Cc1ccc(N=C2SC(=Cc3cc(O)ccc3Br)C(=O)N2c2ccc(C)c(C)c2)cc1C. The van der Waals surface area contributed by atoms with Crippen LogP contribution in [0.4, 0.5) is 11.4 Å². The van der Waals surface area contributed by atoms with E-state index in [9.17, 15) is 9.90 Å². The van der Waals surface area contributed by atoms with Gasteiger partial charge >= 0.3 is 0 Å². The van der Waals surface area contributed by atoms with Crippen LogP contribution in [0.5, 0.6) is 5.75 Å². The van der Waals surface area contributed by atoms with Crippen LogP contribution in [0.15, 0.2) is 69.0 Å². The molecule has 4 nitrogen and oxygen atoms in total. The number of anilines is 1. The number of aryl methyl sites for hydroxylation is 4. The summed E-state index contributed by atoms with van der Waals surface area (Å²) in [5.74, 6) is 0.00149. The molecule has 1 fully saturated rings. The molecular weight excluding hydrogens is 484 g/mol. The Morgan fingerprint density at radius 2 is 1.59 bits per heavy atom. The zero-order valence-corrected chi connectivity index (χ0v) is 20.7. The number of aliphatic imine (C=N–C) groups is 1. The van der Waals surface area contributed by atoms with E-state index < -0.39 is 0 Å². The molecule has 4 rings (SSSR count). The van der Waals surface area contributed by atoms with E-state index in [0.717, 1.165) is 32.5 Å². The number of amides is 1. The third-order valence-electron chi connectivity index (χ3n) is 5.54. The van der Waals surface area contributed by atoms with E-state index in [1.54, 1.807) is 29.2 Å². The maximum atomic E-state index is 13.5. The van der Waals surface area contributed by atoms with E-state index in [-0.39, 0.29) is 11.7 Å². The molecule has 0 spiro atoms. The summed E-state index contributed by atoms with van der Waals surface area (Å²) in [6.07, 6.45) is 1.79. The molecule has 1 saturated heterocycles. The molecule has 1 aliphatic heterocycles. The normalized spacial score (nSPS) is 16.4. The Hall–Kier alpha value is -2.83. The molecule has 32 heavy (non-hydrogen) atoms. The summed E-state index contributed by atoms with van der Waals surface area (Å²) < 4.78 is 0.800. The largest absolute Gasteiger partial charge is 0.508 e. The van der Waals surface area contributed by atoms with Crippen LogP contribution in [-0.4, -0.2) is 16.2 Å². The summed E-state index contributed by atoms with van der Waals surface area (Å²) in [7, 11) is 0. The Kier molecular flexibility index (Phi) is 6.26. The van der Waals surface area contributed by atoms with Gasteiger partial charge in [-0.3, -0.25) is 9.69 Å². The molecule has 1 amide bonds. The number of thioether (sulfide) groups is 1. The lowest BCUT2D eigenvalue weighted by Gasteiger charge is -2.17. The van der Waals surface area contributed by atoms with Crippen molar-refractivity contribution in [1.29, 1.82) is 0 Å². The molecular formula is C26H23BrN2O2S. The van der Waals surface area contributed by atoms with Crippen LogP contribution < -0.4 is 4.90 Å². The molecule has 1 aliphatic rings. The third-order valence-corrected chi connectivity index (χ3v) is 7.23. The number of phenols is 1. The Morgan fingerprint density at radius 3 is 2.28 bits per heavy atom. The fourth-order valence-corrected chi connectivity index (χ4v) is 4.68. The van der Waals surface area contributed by atoms with Gasteiger partial charge < -0.3 is 5.11 Å². The predicted octanol–water partition coefficient (Wildman–Crippen LogP) is 7.20. The Morgan fingerprint density at radius 1 is 0.906 bits per heavy atom. The summed E-state index contributed by atoms with van der Waals surface area (Å²) in [6, 6.07) is 17.0. The lowest BCUT2D eigenvalue weighted by atomic mass is 10.1. The number of carbonyl (C=O) groups excluding carboxylic acids is 1. The lowest BCUT2D eigenvalue weighted by Crippen LogP contribution is -2.28. The smallest absolute Gasteiger partial charge is 0.271 e.